The third-order valence-corrected chi connectivity index (χ3v) is 12.2. The van der Waals surface area contributed by atoms with E-state index in [1.807, 2.05) is 43.3 Å². The first-order valence-electron chi connectivity index (χ1n) is 19.4. The largest absolute Gasteiger partial charge is 0.373 e. The Kier molecular flexibility index (Phi) is 13.5. The molecule has 0 heterocycles. The summed E-state index contributed by atoms with van der Waals surface area (Å²) in [6.45, 7) is 17.2. The summed E-state index contributed by atoms with van der Waals surface area (Å²) in [4.78, 5) is 0. The van der Waals surface area contributed by atoms with Gasteiger partial charge in [0.15, 0.2) is 6.29 Å². The fourth-order valence-electron chi connectivity index (χ4n) is 9.18. The number of benzene rings is 2. The van der Waals surface area contributed by atoms with Crippen molar-refractivity contribution in [1.29, 1.82) is 0 Å². The Morgan fingerprint density at radius 2 is 1.59 bits per heavy atom. The topological polar surface area (TPSA) is 36.9 Å². The first-order valence-corrected chi connectivity index (χ1v) is 19.4. The van der Waals surface area contributed by atoms with Gasteiger partial charge in [0, 0.05) is 19.4 Å². The molecule has 4 nitrogen and oxygen atoms in total. The van der Waals surface area contributed by atoms with E-state index in [4.69, 9.17) is 18.9 Å². The Bertz CT molecular complexity index is 1470. The zero-order chi connectivity index (χ0) is 36.6. The van der Waals surface area contributed by atoms with Crippen LogP contribution in [0.4, 0.5) is 8.78 Å². The minimum Gasteiger partial charge on any atom is -0.373 e. The Morgan fingerprint density at radius 1 is 0.941 bits per heavy atom. The number of hydrogen-bond donors (Lipinski definition) is 0. The van der Waals surface area contributed by atoms with E-state index in [9.17, 15) is 0 Å². The van der Waals surface area contributed by atoms with Gasteiger partial charge in [-0.05, 0) is 118 Å². The average molecular weight is 705 g/mol. The standard InChI is InChI=1S/C45H62F2O4/c1-8-48-34(4)51-43(5,6)45(46,47)27-25-32(2)40-23-24-41-37(20-15-26-44(40,41)7)21-22-38-28-39(49-30-35-16-11-9-12-17-35)29-42(33(38)3)50-31-36-18-13-10-14-19-36/h9-14,16-19,21-22,32,34,39-42H,3,8,15,20,23-31H2,1-2,4-7H3/b37-21+,38-22-/t32-,34?,39-,40-,41+,42+,44-/m1/s1. The first-order chi connectivity index (χ1) is 24.3. The predicted octanol–water partition coefficient (Wildman–Crippen LogP) is 11.8. The summed E-state index contributed by atoms with van der Waals surface area (Å²) in [6.07, 6.45) is 11.4. The molecule has 5 rings (SSSR count). The molecule has 0 aromatic heterocycles. The molecule has 3 aliphatic carbocycles. The lowest BCUT2D eigenvalue weighted by atomic mass is 9.60. The van der Waals surface area contributed by atoms with Gasteiger partial charge >= 0.3 is 0 Å². The SMILES string of the molecule is C=C1/C(=C\C=C2/CCC[C@]3(C)[C@@H]([C@H](C)CCC(F)(F)C(C)(C)OC(C)OCC)CC[C@@H]23)C[C@@H](OCc2ccccc2)C[C@@H]1OCc1ccccc1. The number of alkyl halides is 2. The van der Waals surface area contributed by atoms with Crippen LogP contribution >= 0.6 is 0 Å². The third-order valence-electron chi connectivity index (χ3n) is 12.2. The zero-order valence-electron chi connectivity index (χ0n) is 32.0. The molecule has 3 saturated carbocycles. The van der Waals surface area contributed by atoms with Gasteiger partial charge in [-0.25, -0.2) is 8.78 Å². The van der Waals surface area contributed by atoms with Gasteiger partial charge in [0.2, 0.25) is 0 Å². The molecule has 3 aliphatic rings. The second-order valence-electron chi connectivity index (χ2n) is 16.1. The summed E-state index contributed by atoms with van der Waals surface area (Å²) >= 11 is 0. The molecule has 1 unspecified atom stereocenters. The highest BCUT2D eigenvalue weighted by Crippen LogP contribution is 2.60. The Balaban J connectivity index is 1.27. The maximum Gasteiger partial charge on any atom is 0.276 e. The second kappa shape index (κ2) is 17.5. The number of fused-ring (bicyclic) bond motifs is 1. The van der Waals surface area contributed by atoms with Crippen molar-refractivity contribution in [3.8, 4) is 0 Å². The summed E-state index contributed by atoms with van der Waals surface area (Å²) in [7, 11) is 0. The van der Waals surface area contributed by atoms with Gasteiger partial charge in [-0.1, -0.05) is 98.8 Å². The number of rotatable bonds is 16. The third kappa shape index (κ3) is 9.87. The van der Waals surface area contributed by atoms with Crippen LogP contribution in [0.15, 0.2) is 96.1 Å². The van der Waals surface area contributed by atoms with Gasteiger partial charge < -0.3 is 18.9 Å². The lowest BCUT2D eigenvalue weighted by Crippen LogP contribution is -2.48. The molecule has 0 spiro atoms. The molecule has 2 aromatic carbocycles. The summed E-state index contributed by atoms with van der Waals surface area (Å²) in [5, 5.41) is 0. The summed E-state index contributed by atoms with van der Waals surface area (Å²) < 4.78 is 55.2. The summed E-state index contributed by atoms with van der Waals surface area (Å²) in [5.41, 5.74) is 4.57. The van der Waals surface area contributed by atoms with E-state index >= 15 is 8.78 Å². The molecule has 3 fully saturated rings. The van der Waals surface area contributed by atoms with Crippen LogP contribution in [0.3, 0.4) is 0 Å². The van der Waals surface area contributed by atoms with Crippen molar-refractivity contribution < 1.29 is 27.7 Å². The fraction of sp³-hybridized carbons (Fsp3) is 0.600. The van der Waals surface area contributed by atoms with Gasteiger partial charge in [0.25, 0.3) is 5.92 Å². The van der Waals surface area contributed by atoms with Crippen LogP contribution < -0.4 is 0 Å². The van der Waals surface area contributed by atoms with E-state index in [1.165, 1.54) is 30.6 Å². The molecular formula is C45H62F2O4. The van der Waals surface area contributed by atoms with E-state index in [1.54, 1.807) is 6.92 Å². The van der Waals surface area contributed by atoms with Crippen molar-refractivity contribution in [2.75, 3.05) is 6.61 Å². The van der Waals surface area contributed by atoms with Crippen molar-refractivity contribution in [2.24, 2.45) is 23.2 Å². The van der Waals surface area contributed by atoms with Crippen molar-refractivity contribution >= 4 is 0 Å². The van der Waals surface area contributed by atoms with Gasteiger partial charge in [-0.15, -0.1) is 0 Å². The number of allylic oxidation sites excluding steroid dienone is 3. The highest BCUT2D eigenvalue weighted by atomic mass is 19.3. The zero-order valence-corrected chi connectivity index (χ0v) is 32.0. The normalized spacial score (nSPS) is 28.6. The van der Waals surface area contributed by atoms with Crippen LogP contribution in [0.1, 0.15) is 110 Å². The molecule has 7 atom stereocenters. The van der Waals surface area contributed by atoms with Gasteiger partial charge in [-0.2, -0.15) is 0 Å². The van der Waals surface area contributed by atoms with E-state index in [2.05, 4.69) is 56.8 Å². The molecular weight excluding hydrogens is 642 g/mol. The van der Waals surface area contributed by atoms with E-state index < -0.39 is 17.8 Å². The van der Waals surface area contributed by atoms with Crippen LogP contribution in [0, 0.1) is 23.2 Å². The second-order valence-corrected chi connectivity index (χ2v) is 16.1. The highest BCUT2D eigenvalue weighted by Gasteiger charge is 2.52. The lowest BCUT2D eigenvalue weighted by Gasteiger charge is -2.45. The van der Waals surface area contributed by atoms with Crippen molar-refractivity contribution in [3.05, 3.63) is 107 Å². The van der Waals surface area contributed by atoms with Gasteiger partial charge in [0.1, 0.15) is 5.60 Å². The van der Waals surface area contributed by atoms with Crippen LogP contribution in [-0.2, 0) is 32.2 Å². The van der Waals surface area contributed by atoms with Crippen LogP contribution in [0.5, 0.6) is 0 Å². The van der Waals surface area contributed by atoms with Crippen LogP contribution in [-0.4, -0.2) is 36.6 Å². The van der Waals surface area contributed by atoms with Gasteiger partial charge in [-0.3, -0.25) is 0 Å². The molecule has 0 bridgehead atoms. The molecule has 6 heteroatoms. The molecule has 0 aliphatic heterocycles. The van der Waals surface area contributed by atoms with E-state index in [0.29, 0.717) is 38.1 Å². The number of ether oxygens (including phenoxy) is 4. The first kappa shape index (κ1) is 39.6. The minimum atomic E-state index is -2.96. The monoisotopic (exact) mass is 704 g/mol. The molecule has 2 aromatic rings. The molecule has 51 heavy (non-hydrogen) atoms. The summed E-state index contributed by atoms with van der Waals surface area (Å²) in [6, 6.07) is 20.6. The Hall–Kier alpha value is -2.64. The Morgan fingerprint density at radius 3 is 2.24 bits per heavy atom. The summed E-state index contributed by atoms with van der Waals surface area (Å²) in [5.74, 6) is -1.87. The Labute approximate surface area is 306 Å². The fourth-order valence-corrected chi connectivity index (χ4v) is 9.18. The minimum absolute atomic E-state index is 0.0327. The predicted molar refractivity (Wildman–Crippen MR) is 202 cm³/mol. The van der Waals surface area contributed by atoms with Gasteiger partial charge in [0.05, 0.1) is 25.4 Å². The maximum atomic E-state index is 15.6. The van der Waals surface area contributed by atoms with Crippen molar-refractivity contribution in [3.63, 3.8) is 0 Å². The average Bonchev–Trinajstić information content (AvgIpc) is 3.47. The number of hydrogen-bond acceptors (Lipinski definition) is 4. The van der Waals surface area contributed by atoms with E-state index in [-0.39, 0.29) is 30.0 Å². The quantitative estimate of drug-likeness (QED) is 0.163. The van der Waals surface area contributed by atoms with Crippen molar-refractivity contribution in [1.82, 2.24) is 0 Å². The molecule has 0 amide bonds. The van der Waals surface area contributed by atoms with Crippen LogP contribution in [0.25, 0.3) is 0 Å². The highest BCUT2D eigenvalue weighted by molar-refractivity contribution is 5.39. The number of halogens is 2. The maximum absolute atomic E-state index is 15.6. The lowest BCUT2D eigenvalue weighted by molar-refractivity contribution is -0.264. The molecule has 0 radical (unpaired) electrons. The van der Waals surface area contributed by atoms with Crippen LogP contribution in [0.2, 0.25) is 0 Å². The molecule has 0 N–H and O–H groups in total. The molecule has 280 valence electrons. The van der Waals surface area contributed by atoms with Crippen molar-refractivity contribution in [2.45, 2.75) is 143 Å². The van der Waals surface area contributed by atoms with E-state index in [0.717, 1.165) is 56.1 Å². The smallest absolute Gasteiger partial charge is 0.276 e. The molecule has 0 saturated heterocycles.